The van der Waals surface area contributed by atoms with Crippen LogP contribution in [0.4, 0.5) is 5.69 Å². The lowest BCUT2D eigenvalue weighted by molar-refractivity contribution is -0.113. The Kier molecular flexibility index (Phi) is 8.51. The highest BCUT2D eigenvalue weighted by atomic mass is 32.2. The lowest BCUT2D eigenvalue weighted by atomic mass is 10.0. The van der Waals surface area contributed by atoms with Gasteiger partial charge in [-0.1, -0.05) is 85.1 Å². The first-order valence-corrected chi connectivity index (χ1v) is 12.4. The van der Waals surface area contributed by atoms with Crippen LogP contribution in [-0.2, 0) is 15.3 Å². The maximum Gasteiger partial charge on any atom is 0.339 e. The molecule has 1 amide bonds. The van der Waals surface area contributed by atoms with Crippen LogP contribution in [-0.4, -0.2) is 34.9 Å². The van der Waals surface area contributed by atoms with Crippen molar-refractivity contribution in [3.63, 3.8) is 0 Å². The van der Waals surface area contributed by atoms with E-state index >= 15 is 0 Å². The molecule has 3 aromatic rings. The Morgan fingerprint density at radius 1 is 1.03 bits per heavy atom. The van der Waals surface area contributed by atoms with Gasteiger partial charge in [-0.3, -0.25) is 4.79 Å². The highest BCUT2D eigenvalue weighted by Gasteiger charge is 2.14. The van der Waals surface area contributed by atoms with Crippen molar-refractivity contribution >= 4 is 52.4 Å². The summed E-state index contributed by atoms with van der Waals surface area (Å²) in [6.07, 6.45) is 0. The maximum absolute atomic E-state index is 12.3. The van der Waals surface area contributed by atoms with E-state index in [1.807, 2.05) is 0 Å². The van der Waals surface area contributed by atoms with Crippen LogP contribution in [0.1, 0.15) is 41.3 Å². The molecule has 0 saturated heterocycles. The predicted octanol–water partition coefficient (Wildman–Crippen LogP) is 5.47. The summed E-state index contributed by atoms with van der Waals surface area (Å²) in [5.41, 5.74) is 3.31. The first-order valence-electron chi connectivity index (χ1n) is 9.61. The number of methoxy groups -OCH3 is 1. The zero-order valence-electron chi connectivity index (χ0n) is 17.5. The summed E-state index contributed by atoms with van der Waals surface area (Å²) in [5, 5.41) is 11.1. The molecular weight excluding hydrogens is 450 g/mol. The SMILES string of the molecule is COC(=O)c1ccccc1NC(=O)CSc1nnc(SCc2ccc(C(C)C)cc2)s1. The van der Waals surface area contributed by atoms with Gasteiger partial charge < -0.3 is 10.1 Å². The summed E-state index contributed by atoms with van der Waals surface area (Å²) >= 11 is 4.42. The van der Waals surface area contributed by atoms with Crippen molar-refractivity contribution in [1.82, 2.24) is 10.2 Å². The molecule has 0 aliphatic heterocycles. The molecule has 6 nitrogen and oxygen atoms in total. The summed E-state index contributed by atoms with van der Waals surface area (Å²) < 4.78 is 6.35. The number of aromatic nitrogens is 2. The number of hydrogen-bond donors (Lipinski definition) is 1. The minimum atomic E-state index is -0.492. The summed E-state index contributed by atoms with van der Waals surface area (Å²) in [6, 6.07) is 15.4. The van der Waals surface area contributed by atoms with Crippen LogP contribution in [0.5, 0.6) is 0 Å². The molecule has 0 saturated carbocycles. The van der Waals surface area contributed by atoms with Crippen molar-refractivity contribution in [1.29, 1.82) is 0 Å². The Balaban J connectivity index is 1.49. The van der Waals surface area contributed by atoms with Gasteiger partial charge in [-0.05, 0) is 29.2 Å². The number of rotatable bonds is 9. The fourth-order valence-electron chi connectivity index (χ4n) is 2.65. The van der Waals surface area contributed by atoms with Crippen LogP contribution in [0.25, 0.3) is 0 Å². The van der Waals surface area contributed by atoms with Crippen LogP contribution >= 0.6 is 34.9 Å². The molecule has 1 N–H and O–H groups in total. The van der Waals surface area contributed by atoms with Gasteiger partial charge in [0.05, 0.1) is 24.1 Å². The van der Waals surface area contributed by atoms with Crippen LogP contribution in [0.15, 0.2) is 57.2 Å². The van der Waals surface area contributed by atoms with Gasteiger partial charge in [0.2, 0.25) is 5.91 Å². The van der Waals surface area contributed by atoms with Crippen molar-refractivity contribution in [2.45, 2.75) is 34.2 Å². The second-order valence-corrected chi connectivity index (χ2v) is 10.3. The van der Waals surface area contributed by atoms with E-state index in [-0.39, 0.29) is 11.7 Å². The Labute approximate surface area is 194 Å². The fourth-order valence-corrected chi connectivity index (χ4v) is 5.43. The number of anilines is 1. The molecule has 0 atom stereocenters. The lowest BCUT2D eigenvalue weighted by Crippen LogP contribution is -2.17. The van der Waals surface area contributed by atoms with Crippen molar-refractivity contribution in [3.05, 3.63) is 65.2 Å². The van der Waals surface area contributed by atoms with Gasteiger partial charge in [-0.25, -0.2) is 4.79 Å². The van der Waals surface area contributed by atoms with Crippen LogP contribution in [0, 0.1) is 0 Å². The normalized spacial score (nSPS) is 10.8. The molecular formula is C22H23N3O3S3. The average Bonchev–Trinajstić information content (AvgIpc) is 3.24. The molecule has 9 heteroatoms. The van der Waals surface area contributed by atoms with Gasteiger partial charge in [0.25, 0.3) is 0 Å². The van der Waals surface area contributed by atoms with E-state index in [1.54, 1.807) is 36.0 Å². The van der Waals surface area contributed by atoms with Gasteiger partial charge in [-0.15, -0.1) is 10.2 Å². The standard InChI is InChI=1S/C22H23N3O3S3/c1-14(2)16-10-8-15(9-11-16)12-29-21-24-25-22(31-21)30-13-19(26)23-18-7-5-4-6-17(18)20(27)28-3/h4-11,14H,12-13H2,1-3H3,(H,23,26). The van der Waals surface area contributed by atoms with Crippen molar-refractivity contribution in [2.75, 3.05) is 18.2 Å². The van der Waals surface area contributed by atoms with Crippen LogP contribution < -0.4 is 5.32 Å². The molecule has 0 unspecified atom stereocenters. The van der Waals surface area contributed by atoms with Gasteiger partial charge in [0.1, 0.15) is 0 Å². The molecule has 0 bridgehead atoms. The number of benzene rings is 2. The number of thioether (sulfide) groups is 2. The molecule has 31 heavy (non-hydrogen) atoms. The van der Waals surface area contributed by atoms with E-state index in [0.29, 0.717) is 17.2 Å². The third kappa shape index (κ3) is 6.81. The van der Waals surface area contributed by atoms with Gasteiger partial charge in [-0.2, -0.15) is 0 Å². The minimum Gasteiger partial charge on any atom is -0.465 e. The first-order chi connectivity index (χ1) is 15.0. The number of ether oxygens (including phenoxy) is 1. The Morgan fingerprint density at radius 2 is 1.71 bits per heavy atom. The van der Waals surface area contributed by atoms with E-state index in [0.717, 1.165) is 14.4 Å². The van der Waals surface area contributed by atoms with E-state index in [4.69, 9.17) is 4.74 Å². The number of hydrogen-bond acceptors (Lipinski definition) is 8. The van der Waals surface area contributed by atoms with Crippen molar-refractivity contribution < 1.29 is 14.3 Å². The number of esters is 1. The number of carbonyl (C=O) groups is 2. The highest BCUT2D eigenvalue weighted by molar-refractivity contribution is 8.03. The zero-order valence-corrected chi connectivity index (χ0v) is 19.9. The van der Waals surface area contributed by atoms with Gasteiger partial charge in [0.15, 0.2) is 8.68 Å². The number of carbonyl (C=O) groups excluding carboxylic acids is 2. The quantitative estimate of drug-likeness (QED) is 0.326. The van der Waals surface area contributed by atoms with E-state index in [9.17, 15) is 9.59 Å². The van der Waals surface area contributed by atoms with E-state index < -0.39 is 5.97 Å². The third-order valence-electron chi connectivity index (χ3n) is 4.33. The largest absolute Gasteiger partial charge is 0.465 e. The molecule has 0 aliphatic rings. The molecule has 0 aliphatic carbocycles. The number of amides is 1. The van der Waals surface area contributed by atoms with E-state index in [2.05, 4.69) is 53.6 Å². The highest BCUT2D eigenvalue weighted by Crippen LogP contribution is 2.31. The Bertz CT molecular complexity index is 1040. The maximum atomic E-state index is 12.3. The predicted molar refractivity (Wildman–Crippen MR) is 127 cm³/mol. The number of para-hydroxylation sites is 1. The topological polar surface area (TPSA) is 81.2 Å². The molecule has 3 rings (SSSR count). The van der Waals surface area contributed by atoms with Crippen LogP contribution in [0.2, 0.25) is 0 Å². The molecule has 0 spiro atoms. The summed E-state index contributed by atoms with van der Waals surface area (Å²) in [4.78, 5) is 24.1. The first kappa shape index (κ1) is 23.3. The Morgan fingerprint density at radius 3 is 2.39 bits per heavy atom. The zero-order chi connectivity index (χ0) is 22.2. The number of nitrogens with one attached hydrogen (secondary N) is 1. The van der Waals surface area contributed by atoms with Crippen molar-refractivity contribution in [3.8, 4) is 0 Å². The smallest absolute Gasteiger partial charge is 0.339 e. The Hall–Kier alpha value is -2.36. The van der Waals surface area contributed by atoms with Gasteiger partial charge in [0, 0.05) is 5.75 Å². The monoisotopic (exact) mass is 473 g/mol. The van der Waals surface area contributed by atoms with Gasteiger partial charge >= 0.3 is 5.97 Å². The second-order valence-electron chi connectivity index (χ2n) is 6.89. The summed E-state index contributed by atoms with van der Waals surface area (Å²) in [5.74, 6) is 0.799. The molecule has 2 aromatic carbocycles. The average molecular weight is 474 g/mol. The lowest BCUT2D eigenvalue weighted by Gasteiger charge is -2.08. The second kappa shape index (κ2) is 11.3. The van der Waals surface area contributed by atoms with Crippen molar-refractivity contribution in [2.24, 2.45) is 0 Å². The van der Waals surface area contributed by atoms with E-state index in [1.165, 1.54) is 41.3 Å². The summed E-state index contributed by atoms with van der Waals surface area (Å²) in [7, 11) is 1.31. The minimum absolute atomic E-state index is 0.172. The summed E-state index contributed by atoms with van der Waals surface area (Å²) in [6.45, 7) is 4.37. The molecule has 1 heterocycles. The third-order valence-corrected chi connectivity index (χ3v) is 7.59. The van der Waals surface area contributed by atoms with Crippen LogP contribution in [0.3, 0.4) is 0 Å². The molecule has 0 fully saturated rings. The fraction of sp³-hybridized carbons (Fsp3) is 0.273. The molecule has 1 aromatic heterocycles. The number of nitrogens with zero attached hydrogens (tertiary/aromatic N) is 2. The molecule has 0 radical (unpaired) electrons. The molecule has 162 valence electrons.